The minimum Gasteiger partial charge on any atom is -0.329 e. The molecule has 0 saturated carbocycles. The highest BCUT2D eigenvalue weighted by molar-refractivity contribution is 9.10. The molecule has 3 heterocycles. The van der Waals surface area contributed by atoms with Crippen molar-refractivity contribution in [3.63, 3.8) is 0 Å². The summed E-state index contributed by atoms with van der Waals surface area (Å²) in [5.74, 6) is 2.43. The predicted octanol–water partition coefficient (Wildman–Crippen LogP) is 2.17. The SMILES string of the molecule is Cc1cc(C)n2c(Br)c(C[NH+]3C[C@H](C)C[C@H](C)C3)nc2n1. The molecular formula is C16H24BrN4+. The Hall–Kier alpha value is -0.940. The fourth-order valence-electron chi connectivity index (χ4n) is 3.79. The Bertz CT molecular complexity index is 654. The maximum atomic E-state index is 4.76. The Labute approximate surface area is 134 Å². The van der Waals surface area contributed by atoms with Gasteiger partial charge in [-0.3, -0.25) is 4.40 Å². The van der Waals surface area contributed by atoms with Gasteiger partial charge in [-0.25, -0.2) is 9.97 Å². The van der Waals surface area contributed by atoms with Crippen molar-refractivity contribution in [1.82, 2.24) is 14.4 Å². The number of aromatic nitrogens is 3. The van der Waals surface area contributed by atoms with Gasteiger partial charge in [-0.2, -0.15) is 0 Å². The van der Waals surface area contributed by atoms with Gasteiger partial charge in [-0.1, -0.05) is 13.8 Å². The standard InChI is InChI=1S/C16H23BrN4/c1-10-5-11(2)8-20(7-10)9-14-15(17)21-13(4)6-12(3)18-16(21)19-14/h6,10-11H,5,7-9H2,1-4H3/p+1/t10-,11+. The predicted molar refractivity (Wildman–Crippen MR) is 87.5 cm³/mol. The zero-order valence-electron chi connectivity index (χ0n) is 13.3. The number of quaternary nitrogens is 1. The van der Waals surface area contributed by atoms with Gasteiger partial charge in [-0.15, -0.1) is 0 Å². The molecule has 1 aliphatic rings. The molecule has 4 nitrogen and oxygen atoms in total. The second-order valence-electron chi connectivity index (χ2n) is 6.80. The monoisotopic (exact) mass is 351 g/mol. The van der Waals surface area contributed by atoms with Gasteiger partial charge in [0.25, 0.3) is 0 Å². The van der Waals surface area contributed by atoms with Crippen LogP contribution in [-0.4, -0.2) is 27.5 Å². The summed E-state index contributed by atoms with van der Waals surface area (Å²) < 4.78 is 3.18. The number of likely N-dealkylation sites (tertiary alicyclic amines) is 1. The lowest BCUT2D eigenvalue weighted by atomic mass is 9.92. The molecule has 0 bridgehead atoms. The second-order valence-corrected chi connectivity index (χ2v) is 7.56. The lowest BCUT2D eigenvalue weighted by molar-refractivity contribution is -0.926. The fourth-order valence-corrected chi connectivity index (χ4v) is 4.46. The summed E-state index contributed by atoms with van der Waals surface area (Å²) in [5, 5.41) is 0. The lowest BCUT2D eigenvalue weighted by Crippen LogP contribution is -3.13. The molecular weight excluding hydrogens is 328 g/mol. The number of nitrogens with zero attached hydrogens (tertiary/aromatic N) is 3. The highest BCUT2D eigenvalue weighted by Crippen LogP contribution is 2.20. The van der Waals surface area contributed by atoms with E-state index in [9.17, 15) is 0 Å². The average Bonchev–Trinajstić information content (AvgIpc) is 2.64. The molecule has 0 aromatic carbocycles. The number of aryl methyl sites for hydroxylation is 2. The van der Waals surface area contributed by atoms with Crippen LogP contribution < -0.4 is 4.90 Å². The third kappa shape index (κ3) is 2.99. The van der Waals surface area contributed by atoms with Gasteiger partial charge in [0.1, 0.15) is 16.8 Å². The van der Waals surface area contributed by atoms with E-state index in [1.165, 1.54) is 25.2 Å². The number of hydrogen-bond donors (Lipinski definition) is 1. The van der Waals surface area contributed by atoms with E-state index in [2.05, 4.69) is 52.2 Å². The first-order chi connectivity index (χ1) is 9.94. The van der Waals surface area contributed by atoms with Crippen LogP contribution in [0.15, 0.2) is 10.7 Å². The molecule has 3 atom stereocenters. The number of piperidine rings is 1. The summed E-state index contributed by atoms with van der Waals surface area (Å²) in [4.78, 5) is 11.0. The Kier molecular flexibility index (Phi) is 4.06. The van der Waals surface area contributed by atoms with Crippen LogP contribution in [0.4, 0.5) is 0 Å². The molecule has 0 spiro atoms. The summed E-state index contributed by atoms with van der Waals surface area (Å²) in [6, 6.07) is 2.10. The van der Waals surface area contributed by atoms with E-state index in [0.717, 1.165) is 40.1 Å². The van der Waals surface area contributed by atoms with E-state index in [1.807, 2.05) is 6.92 Å². The molecule has 5 heteroatoms. The van der Waals surface area contributed by atoms with Crippen molar-refractivity contribution in [2.45, 2.75) is 40.7 Å². The molecule has 0 aliphatic carbocycles. The Balaban J connectivity index is 1.91. The van der Waals surface area contributed by atoms with E-state index in [-0.39, 0.29) is 0 Å². The van der Waals surface area contributed by atoms with E-state index in [4.69, 9.17) is 4.98 Å². The van der Waals surface area contributed by atoms with Crippen molar-refractivity contribution in [2.75, 3.05) is 13.1 Å². The van der Waals surface area contributed by atoms with Crippen molar-refractivity contribution in [3.8, 4) is 0 Å². The molecule has 1 aliphatic heterocycles. The van der Waals surface area contributed by atoms with E-state index < -0.39 is 0 Å². The van der Waals surface area contributed by atoms with Gasteiger partial charge in [-0.05, 0) is 42.3 Å². The number of imidazole rings is 1. The van der Waals surface area contributed by atoms with Crippen LogP contribution in [-0.2, 0) is 6.54 Å². The third-order valence-electron chi connectivity index (χ3n) is 4.41. The fraction of sp³-hybridized carbons (Fsp3) is 0.625. The van der Waals surface area contributed by atoms with E-state index in [1.54, 1.807) is 4.90 Å². The van der Waals surface area contributed by atoms with Gasteiger partial charge in [0, 0.05) is 23.2 Å². The molecule has 1 saturated heterocycles. The van der Waals surface area contributed by atoms with Gasteiger partial charge >= 0.3 is 0 Å². The van der Waals surface area contributed by atoms with Crippen LogP contribution >= 0.6 is 15.9 Å². The van der Waals surface area contributed by atoms with Gasteiger partial charge in [0.05, 0.1) is 13.1 Å². The molecule has 1 fully saturated rings. The smallest absolute Gasteiger partial charge is 0.235 e. The molecule has 21 heavy (non-hydrogen) atoms. The first-order valence-corrected chi connectivity index (χ1v) is 8.58. The van der Waals surface area contributed by atoms with Crippen LogP contribution in [0.1, 0.15) is 37.4 Å². The zero-order chi connectivity index (χ0) is 15.1. The maximum absolute atomic E-state index is 4.76. The summed E-state index contributed by atoms with van der Waals surface area (Å²) in [5.41, 5.74) is 3.34. The van der Waals surface area contributed by atoms with Crippen LogP contribution in [0.25, 0.3) is 5.78 Å². The summed E-state index contributed by atoms with van der Waals surface area (Å²) in [6.45, 7) is 12.3. The Morgan fingerprint density at radius 1 is 1.24 bits per heavy atom. The minimum atomic E-state index is 0.807. The normalized spacial score (nSPS) is 26.4. The first kappa shape index (κ1) is 15.0. The number of nitrogens with one attached hydrogen (secondary N) is 1. The number of hydrogen-bond acceptors (Lipinski definition) is 2. The maximum Gasteiger partial charge on any atom is 0.235 e. The number of halogens is 1. The van der Waals surface area contributed by atoms with Gasteiger partial charge in [0.2, 0.25) is 5.78 Å². The molecule has 3 rings (SSSR count). The van der Waals surface area contributed by atoms with Crippen molar-refractivity contribution in [2.24, 2.45) is 11.8 Å². The number of rotatable bonds is 2. The quantitative estimate of drug-likeness (QED) is 0.899. The molecule has 1 unspecified atom stereocenters. The minimum absolute atomic E-state index is 0.807. The van der Waals surface area contributed by atoms with Gasteiger partial charge < -0.3 is 4.90 Å². The molecule has 0 radical (unpaired) electrons. The topological polar surface area (TPSA) is 34.6 Å². The molecule has 114 valence electrons. The Morgan fingerprint density at radius 2 is 1.90 bits per heavy atom. The van der Waals surface area contributed by atoms with Crippen molar-refractivity contribution >= 4 is 21.7 Å². The lowest BCUT2D eigenvalue weighted by Gasteiger charge is -2.31. The Morgan fingerprint density at radius 3 is 2.57 bits per heavy atom. The summed E-state index contributed by atoms with van der Waals surface area (Å²) >= 11 is 3.73. The van der Waals surface area contributed by atoms with Crippen molar-refractivity contribution < 1.29 is 4.90 Å². The van der Waals surface area contributed by atoms with Crippen molar-refractivity contribution in [3.05, 3.63) is 27.8 Å². The first-order valence-electron chi connectivity index (χ1n) is 7.78. The molecule has 2 aromatic rings. The largest absolute Gasteiger partial charge is 0.329 e. The third-order valence-corrected chi connectivity index (χ3v) is 5.23. The highest BCUT2D eigenvalue weighted by atomic mass is 79.9. The van der Waals surface area contributed by atoms with Crippen LogP contribution in [0.3, 0.4) is 0 Å². The van der Waals surface area contributed by atoms with E-state index >= 15 is 0 Å². The van der Waals surface area contributed by atoms with Crippen molar-refractivity contribution in [1.29, 1.82) is 0 Å². The van der Waals surface area contributed by atoms with Crippen LogP contribution in [0.2, 0.25) is 0 Å². The van der Waals surface area contributed by atoms with Gasteiger partial charge in [0.15, 0.2) is 0 Å². The summed E-state index contributed by atoms with van der Waals surface area (Å²) in [6.07, 6.45) is 1.36. The zero-order valence-corrected chi connectivity index (χ0v) is 14.9. The molecule has 1 N–H and O–H groups in total. The second kappa shape index (κ2) is 5.69. The van der Waals surface area contributed by atoms with E-state index in [0.29, 0.717) is 0 Å². The molecule has 0 amide bonds. The highest BCUT2D eigenvalue weighted by Gasteiger charge is 2.27. The summed E-state index contributed by atoms with van der Waals surface area (Å²) in [7, 11) is 0. The average molecular weight is 352 g/mol. The van der Waals surface area contributed by atoms with Crippen LogP contribution in [0, 0.1) is 25.7 Å². The van der Waals surface area contributed by atoms with Crippen LogP contribution in [0.5, 0.6) is 0 Å². The number of fused-ring (bicyclic) bond motifs is 1. The molecule has 2 aromatic heterocycles.